The lowest BCUT2D eigenvalue weighted by molar-refractivity contribution is -0.384. The molecule has 0 spiro atoms. The van der Waals surface area contributed by atoms with E-state index in [0.717, 1.165) is 0 Å². The predicted octanol–water partition coefficient (Wildman–Crippen LogP) is 1.09. The van der Waals surface area contributed by atoms with Gasteiger partial charge in [0.2, 0.25) is 0 Å². The van der Waals surface area contributed by atoms with Gasteiger partial charge in [-0.1, -0.05) is 12.1 Å². The molecule has 1 N–H and O–H groups in total. The Morgan fingerprint density at radius 2 is 2.00 bits per heavy atom. The number of aliphatic hydroxyl groups is 1. The number of ketones is 1. The van der Waals surface area contributed by atoms with Gasteiger partial charge in [-0.15, -0.1) is 0 Å². The van der Waals surface area contributed by atoms with Gasteiger partial charge in [0.15, 0.2) is 5.78 Å². The van der Waals surface area contributed by atoms with E-state index in [4.69, 9.17) is 0 Å². The van der Waals surface area contributed by atoms with Crippen LogP contribution in [-0.2, 0) is 11.2 Å². The maximum atomic E-state index is 10.8. The highest BCUT2D eigenvalue weighted by molar-refractivity contribution is 5.80. The van der Waals surface area contributed by atoms with Crippen LogP contribution in [0.25, 0.3) is 0 Å². The number of non-ortho nitro benzene ring substituents is 1. The number of hydrogen-bond donors (Lipinski definition) is 1. The summed E-state index contributed by atoms with van der Waals surface area (Å²) in [6.07, 6.45) is -0.848. The summed E-state index contributed by atoms with van der Waals surface area (Å²) in [6.45, 7) is 1.30. The van der Waals surface area contributed by atoms with Gasteiger partial charge in [-0.2, -0.15) is 0 Å². The standard InChI is InChI=1S/C10H11NO4/c1-7(12)10(13)6-8-2-4-9(5-3-8)11(14)15/h2-5,10,13H,6H2,1H3/t10-/m1/s1. The summed E-state index contributed by atoms with van der Waals surface area (Å²) < 4.78 is 0. The van der Waals surface area contributed by atoms with Crippen molar-refractivity contribution in [3.63, 3.8) is 0 Å². The molecule has 0 aliphatic rings. The Kier molecular flexibility index (Phi) is 3.51. The molecule has 5 heteroatoms. The Hall–Kier alpha value is -1.75. The zero-order valence-electron chi connectivity index (χ0n) is 8.21. The van der Waals surface area contributed by atoms with Crippen LogP contribution in [0.3, 0.4) is 0 Å². The summed E-state index contributed by atoms with van der Waals surface area (Å²) in [4.78, 5) is 20.6. The molecule has 1 atom stereocenters. The summed E-state index contributed by atoms with van der Waals surface area (Å²) >= 11 is 0. The van der Waals surface area contributed by atoms with Gasteiger partial charge in [0.1, 0.15) is 6.10 Å². The highest BCUT2D eigenvalue weighted by Gasteiger charge is 2.11. The smallest absolute Gasteiger partial charge is 0.269 e. The number of nitro benzene ring substituents is 1. The Morgan fingerprint density at radius 1 is 1.47 bits per heavy atom. The fourth-order valence-corrected chi connectivity index (χ4v) is 1.12. The number of rotatable bonds is 4. The van der Waals surface area contributed by atoms with Crippen LogP contribution in [0.4, 0.5) is 5.69 Å². The van der Waals surface area contributed by atoms with E-state index in [1.807, 2.05) is 0 Å². The number of carbonyl (C=O) groups excluding carboxylic acids is 1. The number of Topliss-reactive ketones (excluding diaryl/α,β-unsaturated/α-hetero) is 1. The number of benzene rings is 1. The van der Waals surface area contributed by atoms with Gasteiger partial charge in [-0.3, -0.25) is 14.9 Å². The maximum Gasteiger partial charge on any atom is 0.269 e. The largest absolute Gasteiger partial charge is 0.385 e. The molecule has 0 saturated heterocycles. The second-order valence-corrected chi connectivity index (χ2v) is 3.25. The van der Waals surface area contributed by atoms with Gasteiger partial charge >= 0.3 is 0 Å². The molecular weight excluding hydrogens is 198 g/mol. The number of nitro groups is 1. The molecule has 80 valence electrons. The molecule has 0 unspecified atom stereocenters. The molecule has 0 radical (unpaired) electrons. The second kappa shape index (κ2) is 4.65. The third-order valence-electron chi connectivity index (χ3n) is 2.05. The molecule has 1 rings (SSSR count). The molecule has 0 fully saturated rings. The normalized spacial score (nSPS) is 12.1. The quantitative estimate of drug-likeness (QED) is 0.594. The van der Waals surface area contributed by atoms with Gasteiger partial charge in [-0.05, 0) is 12.5 Å². The van der Waals surface area contributed by atoms with Gasteiger partial charge < -0.3 is 5.11 Å². The van der Waals surface area contributed by atoms with Crippen molar-refractivity contribution in [3.8, 4) is 0 Å². The summed E-state index contributed by atoms with van der Waals surface area (Å²) in [5.41, 5.74) is 0.694. The van der Waals surface area contributed by atoms with E-state index in [1.54, 1.807) is 0 Å². The summed E-state index contributed by atoms with van der Waals surface area (Å²) in [6, 6.07) is 5.76. The first kappa shape index (κ1) is 11.3. The zero-order chi connectivity index (χ0) is 11.4. The number of aliphatic hydroxyl groups excluding tert-OH is 1. The number of nitrogens with zero attached hydrogens (tertiary/aromatic N) is 1. The van der Waals surface area contributed by atoms with E-state index in [1.165, 1.54) is 31.2 Å². The second-order valence-electron chi connectivity index (χ2n) is 3.25. The van der Waals surface area contributed by atoms with Crippen LogP contribution in [0.2, 0.25) is 0 Å². The number of carbonyl (C=O) groups is 1. The van der Waals surface area contributed by atoms with Crippen LogP contribution in [0, 0.1) is 10.1 Å². The molecule has 0 bridgehead atoms. The fourth-order valence-electron chi connectivity index (χ4n) is 1.12. The Morgan fingerprint density at radius 3 is 2.40 bits per heavy atom. The Labute approximate surface area is 86.5 Å². The monoisotopic (exact) mass is 209 g/mol. The van der Waals surface area contributed by atoms with Crippen LogP contribution in [0.15, 0.2) is 24.3 Å². The SMILES string of the molecule is CC(=O)[C@H](O)Cc1ccc([N+](=O)[O-])cc1. The predicted molar refractivity (Wildman–Crippen MR) is 53.5 cm³/mol. The molecule has 0 aliphatic carbocycles. The third-order valence-corrected chi connectivity index (χ3v) is 2.05. The van der Waals surface area contributed by atoms with Gasteiger partial charge in [0, 0.05) is 18.6 Å². The lowest BCUT2D eigenvalue weighted by Gasteiger charge is -2.05. The lowest BCUT2D eigenvalue weighted by Crippen LogP contribution is -2.19. The third kappa shape index (κ3) is 3.14. The van der Waals surface area contributed by atoms with Crippen LogP contribution in [-0.4, -0.2) is 21.9 Å². The van der Waals surface area contributed by atoms with Gasteiger partial charge in [0.05, 0.1) is 4.92 Å². The average Bonchev–Trinajstić information content (AvgIpc) is 2.18. The first-order valence-corrected chi connectivity index (χ1v) is 4.42. The Balaban J connectivity index is 2.72. The van der Waals surface area contributed by atoms with Crippen molar-refractivity contribution >= 4 is 11.5 Å². The van der Waals surface area contributed by atoms with Crippen molar-refractivity contribution in [2.24, 2.45) is 0 Å². The molecule has 1 aromatic rings. The van der Waals surface area contributed by atoms with E-state index in [2.05, 4.69) is 0 Å². The van der Waals surface area contributed by atoms with Gasteiger partial charge in [-0.25, -0.2) is 0 Å². The highest BCUT2D eigenvalue weighted by atomic mass is 16.6. The minimum Gasteiger partial charge on any atom is -0.385 e. The maximum absolute atomic E-state index is 10.8. The van der Waals surface area contributed by atoms with E-state index in [-0.39, 0.29) is 17.9 Å². The van der Waals surface area contributed by atoms with Crippen molar-refractivity contribution in [2.45, 2.75) is 19.4 Å². The molecule has 0 saturated carbocycles. The van der Waals surface area contributed by atoms with Crippen molar-refractivity contribution < 1.29 is 14.8 Å². The van der Waals surface area contributed by atoms with Crippen LogP contribution in [0.5, 0.6) is 0 Å². The van der Waals surface area contributed by atoms with Crippen LogP contribution < -0.4 is 0 Å². The fraction of sp³-hybridized carbons (Fsp3) is 0.300. The average molecular weight is 209 g/mol. The van der Waals surface area contributed by atoms with Crippen molar-refractivity contribution in [1.29, 1.82) is 0 Å². The van der Waals surface area contributed by atoms with Crippen molar-refractivity contribution in [2.75, 3.05) is 0 Å². The zero-order valence-corrected chi connectivity index (χ0v) is 8.21. The minimum atomic E-state index is -1.04. The molecule has 0 heterocycles. The van der Waals surface area contributed by atoms with Crippen LogP contribution >= 0.6 is 0 Å². The molecule has 15 heavy (non-hydrogen) atoms. The summed E-state index contributed by atoms with van der Waals surface area (Å²) in [5.74, 6) is -0.312. The van der Waals surface area contributed by atoms with E-state index in [9.17, 15) is 20.0 Å². The molecule has 0 aromatic heterocycles. The lowest BCUT2D eigenvalue weighted by atomic mass is 10.1. The Bertz CT molecular complexity index is 372. The summed E-state index contributed by atoms with van der Waals surface area (Å²) in [5, 5.41) is 19.6. The number of hydrogen-bond acceptors (Lipinski definition) is 4. The summed E-state index contributed by atoms with van der Waals surface area (Å²) in [7, 11) is 0. The van der Waals surface area contributed by atoms with Crippen molar-refractivity contribution in [3.05, 3.63) is 39.9 Å². The van der Waals surface area contributed by atoms with E-state index >= 15 is 0 Å². The molecule has 5 nitrogen and oxygen atoms in total. The molecular formula is C10H11NO4. The van der Waals surface area contributed by atoms with E-state index in [0.29, 0.717) is 5.56 Å². The van der Waals surface area contributed by atoms with E-state index < -0.39 is 11.0 Å². The topological polar surface area (TPSA) is 80.4 Å². The first-order valence-electron chi connectivity index (χ1n) is 4.42. The van der Waals surface area contributed by atoms with Crippen LogP contribution in [0.1, 0.15) is 12.5 Å². The first-order chi connectivity index (χ1) is 7.00. The minimum absolute atomic E-state index is 0.00364. The highest BCUT2D eigenvalue weighted by Crippen LogP contribution is 2.13. The molecule has 0 aliphatic heterocycles. The van der Waals surface area contributed by atoms with Gasteiger partial charge in [0.25, 0.3) is 5.69 Å². The molecule has 1 aromatic carbocycles. The van der Waals surface area contributed by atoms with Crippen molar-refractivity contribution in [1.82, 2.24) is 0 Å². The molecule has 0 amide bonds.